The van der Waals surface area contributed by atoms with Crippen molar-refractivity contribution in [2.24, 2.45) is 5.92 Å². The van der Waals surface area contributed by atoms with Crippen molar-refractivity contribution in [2.45, 2.75) is 52.6 Å². The number of carbonyl (C=O) groups is 2. The summed E-state index contributed by atoms with van der Waals surface area (Å²) in [5, 5.41) is 0. The van der Waals surface area contributed by atoms with Crippen LogP contribution in [0.1, 0.15) is 47.0 Å². The topological polar surface area (TPSA) is 59.1 Å². The summed E-state index contributed by atoms with van der Waals surface area (Å²) in [7, 11) is 5.71. The number of nitrogens with zero attached hydrogens (tertiary/aromatic N) is 2. The normalized spacial score (nSPS) is 12.9. The Labute approximate surface area is 141 Å². The summed E-state index contributed by atoms with van der Waals surface area (Å²) >= 11 is 0. The lowest BCUT2D eigenvalue weighted by molar-refractivity contribution is -0.148. The molecule has 6 nitrogen and oxygen atoms in total. The van der Waals surface area contributed by atoms with Crippen molar-refractivity contribution in [2.75, 3.05) is 40.8 Å². The van der Waals surface area contributed by atoms with E-state index in [1.165, 1.54) is 4.90 Å². The molecular formula is C17H34N2O4. The highest BCUT2D eigenvalue weighted by molar-refractivity contribution is 5.74. The molecule has 0 saturated heterocycles. The molecule has 6 heteroatoms. The number of carbonyl (C=O) groups excluding carboxylic acids is 2. The van der Waals surface area contributed by atoms with Gasteiger partial charge in [0, 0.05) is 13.6 Å². The Bertz CT molecular complexity index is 364. The van der Waals surface area contributed by atoms with E-state index in [1.807, 2.05) is 34.9 Å². The van der Waals surface area contributed by atoms with Crippen LogP contribution < -0.4 is 0 Å². The number of hydrogen-bond donors (Lipinski definition) is 0. The smallest absolute Gasteiger partial charge is 0.410 e. The van der Waals surface area contributed by atoms with E-state index in [9.17, 15) is 9.59 Å². The van der Waals surface area contributed by atoms with Crippen LogP contribution in [0.15, 0.2) is 0 Å². The number of rotatable bonds is 9. The monoisotopic (exact) mass is 330 g/mol. The summed E-state index contributed by atoms with van der Waals surface area (Å²) in [5.74, 6) is -0.637. The number of amides is 1. The van der Waals surface area contributed by atoms with Gasteiger partial charge in [-0.3, -0.25) is 4.79 Å². The molecule has 0 N–H and O–H groups in total. The molecule has 0 spiro atoms. The molecule has 0 heterocycles. The highest BCUT2D eigenvalue weighted by Gasteiger charge is 2.23. The first kappa shape index (κ1) is 21.7. The maximum atomic E-state index is 11.9. The molecule has 23 heavy (non-hydrogen) atoms. The molecule has 0 bridgehead atoms. The maximum Gasteiger partial charge on any atom is 0.410 e. The SMILES string of the molecule is C[C@@H](CN(C)C(=O)OC(C)(C)C)C(=O)OCCCCCN(C)C. The van der Waals surface area contributed by atoms with Gasteiger partial charge >= 0.3 is 12.1 Å². The van der Waals surface area contributed by atoms with E-state index in [-0.39, 0.29) is 18.4 Å². The standard InChI is InChI=1S/C17H34N2O4/c1-14(13-19(7)16(21)23-17(2,3)4)15(20)22-12-10-8-9-11-18(5)6/h14H,8-13H2,1-7H3/t14-/m0/s1. The minimum Gasteiger partial charge on any atom is -0.465 e. The van der Waals surface area contributed by atoms with Gasteiger partial charge < -0.3 is 19.3 Å². The van der Waals surface area contributed by atoms with Gasteiger partial charge in [0.15, 0.2) is 0 Å². The van der Waals surface area contributed by atoms with Crippen LogP contribution in [0.25, 0.3) is 0 Å². The Morgan fingerprint density at radius 1 is 1.04 bits per heavy atom. The van der Waals surface area contributed by atoms with Crippen molar-refractivity contribution in [1.29, 1.82) is 0 Å². The maximum absolute atomic E-state index is 11.9. The first-order valence-electron chi connectivity index (χ1n) is 8.28. The van der Waals surface area contributed by atoms with Crippen molar-refractivity contribution in [1.82, 2.24) is 9.80 Å². The molecule has 0 saturated carbocycles. The molecule has 0 aliphatic heterocycles. The van der Waals surface area contributed by atoms with Crippen molar-refractivity contribution < 1.29 is 19.1 Å². The molecular weight excluding hydrogens is 296 g/mol. The quantitative estimate of drug-likeness (QED) is 0.480. The number of esters is 1. The number of unbranched alkanes of at least 4 members (excludes halogenated alkanes) is 2. The summed E-state index contributed by atoms with van der Waals surface area (Å²) in [4.78, 5) is 27.3. The van der Waals surface area contributed by atoms with Crippen LogP contribution in [0.4, 0.5) is 4.79 Å². The zero-order valence-electron chi connectivity index (χ0n) is 15.8. The van der Waals surface area contributed by atoms with Gasteiger partial charge in [-0.25, -0.2) is 4.79 Å². The predicted octanol–water partition coefficient (Wildman–Crippen LogP) is 2.76. The third-order valence-electron chi connectivity index (χ3n) is 3.15. The Morgan fingerprint density at radius 3 is 2.17 bits per heavy atom. The second kappa shape index (κ2) is 10.5. The second-order valence-electron chi connectivity index (χ2n) is 7.29. The van der Waals surface area contributed by atoms with Crippen LogP contribution in [-0.4, -0.2) is 68.3 Å². The van der Waals surface area contributed by atoms with Crippen LogP contribution in [0.2, 0.25) is 0 Å². The zero-order valence-corrected chi connectivity index (χ0v) is 15.8. The fraction of sp³-hybridized carbons (Fsp3) is 0.882. The first-order valence-corrected chi connectivity index (χ1v) is 8.28. The molecule has 0 fully saturated rings. The number of ether oxygens (including phenoxy) is 2. The Kier molecular flexibility index (Phi) is 9.88. The van der Waals surface area contributed by atoms with E-state index in [0.717, 1.165) is 25.8 Å². The average molecular weight is 330 g/mol. The van der Waals surface area contributed by atoms with Gasteiger partial charge in [0.05, 0.1) is 12.5 Å². The van der Waals surface area contributed by atoms with Crippen LogP contribution in [-0.2, 0) is 14.3 Å². The van der Waals surface area contributed by atoms with Crippen molar-refractivity contribution >= 4 is 12.1 Å². The van der Waals surface area contributed by atoms with Crippen molar-refractivity contribution in [3.05, 3.63) is 0 Å². The van der Waals surface area contributed by atoms with Gasteiger partial charge in [0.1, 0.15) is 5.60 Å². The van der Waals surface area contributed by atoms with Gasteiger partial charge in [-0.1, -0.05) is 6.92 Å². The van der Waals surface area contributed by atoms with Gasteiger partial charge in [-0.05, 0) is 60.7 Å². The molecule has 0 aliphatic rings. The molecule has 0 unspecified atom stereocenters. The highest BCUT2D eigenvalue weighted by atomic mass is 16.6. The minimum absolute atomic E-state index is 0.270. The van der Waals surface area contributed by atoms with E-state index in [4.69, 9.17) is 9.47 Å². The first-order chi connectivity index (χ1) is 10.5. The molecule has 0 aliphatic carbocycles. The molecule has 0 aromatic heterocycles. The molecule has 1 atom stereocenters. The summed E-state index contributed by atoms with van der Waals surface area (Å²) < 4.78 is 10.5. The third kappa shape index (κ3) is 11.9. The molecule has 0 aromatic carbocycles. The van der Waals surface area contributed by atoms with Gasteiger partial charge in [0.2, 0.25) is 0 Å². The van der Waals surface area contributed by atoms with Crippen LogP contribution in [0, 0.1) is 5.92 Å². The molecule has 136 valence electrons. The fourth-order valence-electron chi connectivity index (χ4n) is 1.92. The van der Waals surface area contributed by atoms with Crippen molar-refractivity contribution in [3.8, 4) is 0 Å². The summed E-state index contributed by atoms with van der Waals surface area (Å²) in [5.41, 5.74) is -0.540. The van der Waals surface area contributed by atoms with E-state index < -0.39 is 11.7 Å². The summed E-state index contributed by atoms with van der Waals surface area (Å²) in [6, 6.07) is 0. The van der Waals surface area contributed by atoms with Crippen molar-refractivity contribution in [3.63, 3.8) is 0 Å². The fourth-order valence-corrected chi connectivity index (χ4v) is 1.92. The highest BCUT2D eigenvalue weighted by Crippen LogP contribution is 2.11. The second-order valence-corrected chi connectivity index (χ2v) is 7.29. The van der Waals surface area contributed by atoms with Crippen LogP contribution >= 0.6 is 0 Å². The Morgan fingerprint density at radius 2 is 1.65 bits per heavy atom. The van der Waals surface area contributed by atoms with Crippen LogP contribution in [0.3, 0.4) is 0 Å². The average Bonchev–Trinajstić information content (AvgIpc) is 2.39. The predicted molar refractivity (Wildman–Crippen MR) is 91.4 cm³/mol. The molecule has 0 aromatic rings. The summed E-state index contributed by atoms with van der Waals surface area (Å²) in [6.07, 6.45) is 2.58. The van der Waals surface area contributed by atoms with Crippen LogP contribution in [0.5, 0.6) is 0 Å². The van der Waals surface area contributed by atoms with E-state index in [1.54, 1.807) is 14.0 Å². The van der Waals surface area contributed by atoms with Gasteiger partial charge in [-0.2, -0.15) is 0 Å². The lowest BCUT2D eigenvalue weighted by Crippen LogP contribution is -2.38. The van der Waals surface area contributed by atoms with E-state index in [2.05, 4.69) is 4.90 Å². The number of hydrogen-bond acceptors (Lipinski definition) is 5. The van der Waals surface area contributed by atoms with E-state index >= 15 is 0 Å². The van der Waals surface area contributed by atoms with E-state index in [0.29, 0.717) is 6.61 Å². The lowest BCUT2D eigenvalue weighted by Gasteiger charge is -2.26. The Balaban J connectivity index is 3.95. The molecule has 0 radical (unpaired) electrons. The summed E-state index contributed by atoms with van der Waals surface area (Å²) in [6.45, 7) is 8.97. The molecule has 0 rings (SSSR count). The minimum atomic E-state index is -0.540. The largest absolute Gasteiger partial charge is 0.465 e. The lowest BCUT2D eigenvalue weighted by atomic mass is 10.1. The molecule has 1 amide bonds. The van der Waals surface area contributed by atoms with Gasteiger partial charge in [0.25, 0.3) is 0 Å². The Hall–Kier alpha value is -1.30. The zero-order chi connectivity index (χ0) is 18.0. The van der Waals surface area contributed by atoms with Gasteiger partial charge in [-0.15, -0.1) is 0 Å². The third-order valence-corrected chi connectivity index (χ3v) is 3.15.